The van der Waals surface area contributed by atoms with E-state index in [0.29, 0.717) is 35.9 Å². The van der Waals surface area contributed by atoms with Gasteiger partial charge in [0.05, 0.1) is 11.2 Å². The number of fused-ring (bicyclic) bond motifs is 1. The van der Waals surface area contributed by atoms with Gasteiger partial charge in [-0.3, -0.25) is 19.8 Å². The van der Waals surface area contributed by atoms with Crippen molar-refractivity contribution in [1.82, 2.24) is 20.4 Å². The maximum absolute atomic E-state index is 14.0. The molecular weight excluding hydrogens is 441 g/mol. The molecule has 8 heteroatoms. The fourth-order valence-corrected chi connectivity index (χ4v) is 4.80. The van der Waals surface area contributed by atoms with Crippen molar-refractivity contribution in [3.05, 3.63) is 71.2 Å². The second-order valence-corrected chi connectivity index (χ2v) is 8.98. The summed E-state index contributed by atoms with van der Waals surface area (Å²) in [7, 11) is 0. The van der Waals surface area contributed by atoms with E-state index in [1.54, 1.807) is 6.07 Å². The summed E-state index contributed by atoms with van der Waals surface area (Å²) in [5.74, 6) is -0.299. The Balaban J connectivity index is 1.29. The summed E-state index contributed by atoms with van der Waals surface area (Å²) in [5.41, 5.74) is 3.96. The lowest BCUT2D eigenvalue weighted by atomic mass is 10.0. The predicted molar refractivity (Wildman–Crippen MR) is 129 cm³/mol. The van der Waals surface area contributed by atoms with Crippen LogP contribution in [0.5, 0.6) is 0 Å². The summed E-state index contributed by atoms with van der Waals surface area (Å²) in [6.07, 6.45) is 4.45. The predicted octanol–water partition coefficient (Wildman–Crippen LogP) is 4.52. The monoisotopic (exact) mass is 465 g/mol. The first-order valence-electron chi connectivity index (χ1n) is 11.2. The van der Waals surface area contributed by atoms with Crippen LogP contribution in [-0.4, -0.2) is 51.9 Å². The van der Waals surface area contributed by atoms with Crippen LogP contribution in [0.1, 0.15) is 40.9 Å². The van der Waals surface area contributed by atoms with E-state index in [4.69, 9.17) is 11.6 Å². The number of benzene rings is 2. The Bertz CT molecular complexity index is 1250. The van der Waals surface area contributed by atoms with Gasteiger partial charge in [0.1, 0.15) is 11.0 Å². The molecule has 0 aliphatic carbocycles. The standard InChI is InChI=1S/C25H25ClFN5O/c26-23-13-16(9-10-28-23)24-20-12-17(7-8-22(20)30-31-24)25(33)29-19-5-3-11-32(15-19)14-18-4-1-2-6-21(18)27/h1-2,4,6-8,12-13,19H,3,5,9-11,14-15H2,(H,29,33)(H,30,31)/t19-/m1/s1. The molecule has 0 saturated carbocycles. The van der Waals surface area contributed by atoms with Crippen molar-refractivity contribution in [2.45, 2.75) is 31.8 Å². The van der Waals surface area contributed by atoms with Crippen molar-refractivity contribution < 1.29 is 9.18 Å². The molecule has 2 N–H and O–H groups in total. The van der Waals surface area contributed by atoms with Crippen LogP contribution in [0, 0.1) is 5.82 Å². The van der Waals surface area contributed by atoms with Crippen LogP contribution < -0.4 is 5.32 Å². The van der Waals surface area contributed by atoms with Crippen LogP contribution in [0.4, 0.5) is 4.39 Å². The molecule has 6 nitrogen and oxygen atoms in total. The second-order valence-electron chi connectivity index (χ2n) is 8.60. The van der Waals surface area contributed by atoms with Crippen molar-refractivity contribution >= 4 is 39.2 Å². The van der Waals surface area contributed by atoms with Crippen LogP contribution in [0.3, 0.4) is 0 Å². The fourth-order valence-electron chi connectivity index (χ4n) is 4.58. The summed E-state index contributed by atoms with van der Waals surface area (Å²) < 4.78 is 14.0. The zero-order chi connectivity index (χ0) is 22.8. The number of hydrogen-bond donors (Lipinski definition) is 2. The van der Waals surface area contributed by atoms with Crippen LogP contribution in [0.15, 0.2) is 53.5 Å². The normalized spacial score (nSPS) is 19.3. The Kier molecular flexibility index (Phi) is 6.24. The molecule has 1 amide bonds. The van der Waals surface area contributed by atoms with Gasteiger partial charge in [0.2, 0.25) is 0 Å². The minimum Gasteiger partial charge on any atom is -0.348 e. The van der Waals surface area contributed by atoms with E-state index in [-0.39, 0.29) is 17.8 Å². The molecule has 170 valence electrons. The number of rotatable bonds is 5. The highest BCUT2D eigenvalue weighted by Gasteiger charge is 2.23. The van der Waals surface area contributed by atoms with E-state index in [0.717, 1.165) is 48.0 Å². The smallest absolute Gasteiger partial charge is 0.251 e. The van der Waals surface area contributed by atoms with Gasteiger partial charge >= 0.3 is 0 Å². The van der Waals surface area contributed by atoms with Gasteiger partial charge in [-0.2, -0.15) is 5.10 Å². The van der Waals surface area contributed by atoms with E-state index >= 15 is 0 Å². The number of hydrogen-bond acceptors (Lipinski definition) is 4. The lowest BCUT2D eigenvalue weighted by molar-refractivity contribution is 0.0900. The zero-order valence-electron chi connectivity index (χ0n) is 18.2. The number of carbonyl (C=O) groups excluding carboxylic acids is 1. The molecule has 2 aliphatic rings. The van der Waals surface area contributed by atoms with Crippen LogP contribution >= 0.6 is 11.6 Å². The topological polar surface area (TPSA) is 73.4 Å². The first-order valence-corrected chi connectivity index (χ1v) is 11.6. The number of H-pyrrole nitrogens is 1. The molecule has 2 aliphatic heterocycles. The van der Waals surface area contributed by atoms with E-state index in [1.807, 2.05) is 36.4 Å². The first-order chi connectivity index (χ1) is 16.1. The molecule has 1 saturated heterocycles. The molecule has 0 bridgehead atoms. The highest BCUT2D eigenvalue weighted by Crippen LogP contribution is 2.28. The number of nitrogens with zero attached hydrogens (tertiary/aromatic N) is 3. The average molecular weight is 466 g/mol. The Morgan fingerprint density at radius 1 is 1.27 bits per heavy atom. The quantitative estimate of drug-likeness (QED) is 0.581. The largest absolute Gasteiger partial charge is 0.348 e. The second kappa shape index (κ2) is 9.45. The number of aliphatic imine (C=N–C) groups is 1. The van der Waals surface area contributed by atoms with E-state index in [1.165, 1.54) is 6.07 Å². The van der Waals surface area contributed by atoms with Gasteiger partial charge in [-0.15, -0.1) is 0 Å². The number of nitrogens with one attached hydrogen (secondary N) is 2. The van der Waals surface area contributed by atoms with Gasteiger partial charge < -0.3 is 5.32 Å². The van der Waals surface area contributed by atoms with Gasteiger partial charge in [-0.05, 0) is 61.7 Å². The van der Waals surface area contributed by atoms with Crippen molar-refractivity contribution in [3.8, 4) is 0 Å². The minimum absolute atomic E-state index is 0.0219. The van der Waals surface area contributed by atoms with Gasteiger partial charge in [-0.25, -0.2) is 4.39 Å². The number of halogens is 2. The molecule has 33 heavy (non-hydrogen) atoms. The number of amides is 1. The van der Waals surface area contributed by atoms with Crippen molar-refractivity contribution in [1.29, 1.82) is 0 Å². The number of carbonyl (C=O) groups is 1. The summed E-state index contributed by atoms with van der Waals surface area (Å²) in [4.78, 5) is 19.5. The van der Waals surface area contributed by atoms with E-state index < -0.39 is 0 Å². The zero-order valence-corrected chi connectivity index (χ0v) is 18.9. The molecule has 1 aromatic heterocycles. The number of likely N-dealkylation sites (tertiary alicyclic amines) is 1. The molecule has 0 unspecified atom stereocenters. The molecule has 5 rings (SSSR count). The summed E-state index contributed by atoms with van der Waals surface area (Å²) >= 11 is 6.09. The number of aromatic amines is 1. The van der Waals surface area contributed by atoms with Gasteiger partial charge in [0.15, 0.2) is 0 Å². The summed E-state index contributed by atoms with van der Waals surface area (Å²) in [6, 6.07) is 12.4. The highest BCUT2D eigenvalue weighted by atomic mass is 35.5. The minimum atomic E-state index is -0.187. The molecule has 2 aromatic carbocycles. The molecule has 3 heterocycles. The SMILES string of the molecule is O=C(N[C@@H]1CCCN(Cc2ccccc2F)C1)c1ccc2[nH]nc(C3=CC(Cl)=NCC3)c2c1. The van der Waals surface area contributed by atoms with Gasteiger partial charge in [0.25, 0.3) is 5.91 Å². The molecule has 0 spiro atoms. The maximum Gasteiger partial charge on any atom is 0.251 e. The van der Waals surface area contributed by atoms with Crippen LogP contribution in [0.2, 0.25) is 0 Å². The average Bonchev–Trinajstić information content (AvgIpc) is 3.24. The van der Waals surface area contributed by atoms with Crippen molar-refractivity contribution in [2.24, 2.45) is 4.99 Å². The van der Waals surface area contributed by atoms with Crippen LogP contribution in [-0.2, 0) is 6.54 Å². The Morgan fingerprint density at radius 2 is 2.15 bits per heavy atom. The Hall–Kier alpha value is -3.03. The molecule has 1 fully saturated rings. The maximum atomic E-state index is 14.0. The van der Waals surface area contributed by atoms with Gasteiger partial charge in [-0.1, -0.05) is 29.8 Å². The Labute approximate surface area is 196 Å². The third-order valence-electron chi connectivity index (χ3n) is 6.26. The highest BCUT2D eigenvalue weighted by molar-refractivity contribution is 6.69. The van der Waals surface area contributed by atoms with Gasteiger partial charge in [0, 0.05) is 42.2 Å². The van der Waals surface area contributed by atoms with Crippen LogP contribution in [0.25, 0.3) is 16.5 Å². The number of piperidine rings is 1. The van der Waals surface area contributed by atoms with Crippen molar-refractivity contribution in [3.63, 3.8) is 0 Å². The first kappa shape index (κ1) is 21.8. The number of aromatic nitrogens is 2. The summed E-state index contributed by atoms with van der Waals surface area (Å²) in [5, 5.41) is 12.0. The Morgan fingerprint density at radius 3 is 3.00 bits per heavy atom. The third kappa shape index (κ3) is 4.84. The lowest BCUT2D eigenvalue weighted by Gasteiger charge is -2.33. The number of dihydropyridines is 1. The van der Waals surface area contributed by atoms with E-state index in [2.05, 4.69) is 25.4 Å². The molecule has 0 radical (unpaired) electrons. The molecule has 1 atom stereocenters. The summed E-state index contributed by atoms with van der Waals surface area (Å²) in [6.45, 7) is 2.77. The van der Waals surface area contributed by atoms with E-state index in [9.17, 15) is 9.18 Å². The molecular formula is C25H25ClFN5O. The van der Waals surface area contributed by atoms with Crippen molar-refractivity contribution in [2.75, 3.05) is 19.6 Å². The molecule has 3 aromatic rings. The fraction of sp³-hybridized carbons (Fsp3) is 0.320. The lowest BCUT2D eigenvalue weighted by Crippen LogP contribution is -2.47. The number of allylic oxidation sites excluding steroid dienone is 1. The third-order valence-corrected chi connectivity index (χ3v) is 6.49.